The SMILES string of the molecule is COC(=O)c1ccc(O[C@@H](C)C(=O)Nc2cccc(C(C)=O)c2)c([N+](=O)[O-])c1. The van der Waals surface area contributed by atoms with E-state index in [-0.39, 0.29) is 17.1 Å². The van der Waals surface area contributed by atoms with E-state index >= 15 is 0 Å². The summed E-state index contributed by atoms with van der Waals surface area (Å²) in [5.41, 5.74) is 0.338. The van der Waals surface area contributed by atoms with E-state index in [4.69, 9.17) is 4.74 Å². The summed E-state index contributed by atoms with van der Waals surface area (Å²) in [6, 6.07) is 9.89. The van der Waals surface area contributed by atoms with Gasteiger partial charge in [0.05, 0.1) is 17.6 Å². The Morgan fingerprint density at radius 2 is 1.82 bits per heavy atom. The van der Waals surface area contributed by atoms with Gasteiger partial charge in [0.2, 0.25) is 0 Å². The zero-order chi connectivity index (χ0) is 20.8. The first-order valence-electron chi connectivity index (χ1n) is 8.18. The third-order valence-corrected chi connectivity index (χ3v) is 3.79. The highest BCUT2D eigenvalue weighted by Crippen LogP contribution is 2.29. The molecule has 2 aromatic rings. The summed E-state index contributed by atoms with van der Waals surface area (Å²) in [7, 11) is 1.16. The lowest BCUT2D eigenvalue weighted by atomic mass is 10.1. The molecule has 0 aliphatic carbocycles. The Morgan fingerprint density at radius 3 is 2.43 bits per heavy atom. The number of hydrogen-bond acceptors (Lipinski definition) is 7. The number of carbonyl (C=O) groups is 3. The molecule has 0 spiro atoms. The Bertz CT molecular complexity index is 940. The van der Waals surface area contributed by atoms with Crippen molar-refractivity contribution in [3.8, 4) is 5.75 Å². The first kappa shape index (κ1) is 20.6. The van der Waals surface area contributed by atoms with Gasteiger partial charge in [0.15, 0.2) is 17.6 Å². The number of amides is 1. The van der Waals surface area contributed by atoms with E-state index in [0.29, 0.717) is 11.3 Å². The van der Waals surface area contributed by atoms with Crippen LogP contribution in [-0.2, 0) is 9.53 Å². The van der Waals surface area contributed by atoms with Gasteiger partial charge in [-0.15, -0.1) is 0 Å². The van der Waals surface area contributed by atoms with Crippen LogP contribution in [0.25, 0.3) is 0 Å². The molecule has 0 saturated carbocycles. The first-order chi connectivity index (χ1) is 13.2. The van der Waals surface area contributed by atoms with Crippen LogP contribution in [0.2, 0.25) is 0 Å². The number of ketones is 1. The lowest BCUT2D eigenvalue weighted by Crippen LogP contribution is -2.30. The molecule has 9 heteroatoms. The largest absolute Gasteiger partial charge is 0.474 e. The van der Waals surface area contributed by atoms with Crippen molar-refractivity contribution in [2.45, 2.75) is 20.0 Å². The summed E-state index contributed by atoms with van der Waals surface area (Å²) < 4.78 is 9.95. The van der Waals surface area contributed by atoms with E-state index in [1.165, 1.54) is 32.0 Å². The molecule has 1 atom stereocenters. The van der Waals surface area contributed by atoms with Crippen LogP contribution in [-0.4, -0.2) is 35.8 Å². The van der Waals surface area contributed by atoms with E-state index in [0.717, 1.165) is 13.2 Å². The smallest absolute Gasteiger partial charge is 0.338 e. The van der Waals surface area contributed by atoms with E-state index < -0.39 is 28.6 Å². The molecule has 1 amide bonds. The molecule has 146 valence electrons. The van der Waals surface area contributed by atoms with Gasteiger partial charge in [-0.2, -0.15) is 0 Å². The van der Waals surface area contributed by atoms with Gasteiger partial charge in [0.1, 0.15) is 0 Å². The van der Waals surface area contributed by atoms with Crippen molar-refractivity contribution in [2.24, 2.45) is 0 Å². The molecule has 2 rings (SSSR count). The number of ether oxygens (including phenoxy) is 2. The summed E-state index contributed by atoms with van der Waals surface area (Å²) in [5.74, 6) is -1.61. The Kier molecular flexibility index (Phi) is 6.43. The molecule has 28 heavy (non-hydrogen) atoms. The van der Waals surface area contributed by atoms with Gasteiger partial charge >= 0.3 is 11.7 Å². The molecule has 0 saturated heterocycles. The zero-order valence-electron chi connectivity index (χ0n) is 15.4. The molecule has 2 aromatic carbocycles. The lowest BCUT2D eigenvalue weighted by Gasteiger charge is -2.15. The number of nitrogens with one attached hydrogen (secondary N) is 1. The fourth-order valence-electron chi connectivity index (χ4n) is 2.31. The van der Waals surface area contributed by atoms with Crippen LogP contribution >= 0.6 is 0 Å². The third kappa shape index (κ3) is 4.91. The summed E-state index contributed by atoms with van der Waals surface area (Å²) in [5, 5.41) is 13.9. The van der Waals surface area contributed by atoms with Gasteiger partial charge < -0.3 is 14.8 Å². The highest BCUT2D eigenvalue weighted by molar-refractivity contribution is 5.98. The lowest BCUT2D eigenvalue weighted by molar-refractivity contribution is -0.386. The van der Waals surface area contributed by atoms with Crippen molar-refractivity contribution in [2.75, 3.05) is 12.4 Å². The molecular formula is C19H18N2O7. The highest BCUT2D eigenvalue weighted by Gasteiger charge is 2.23. The van der Waals surface area contributed by atoms with Crippen LogP contribution in [0.15, 0.2) is 42.5 Å². The van der Waals surface area contributed by atoms with E-state index in [9.17, 15) is 24.5 Å². The molecule has 0 radical (unpaired) electrons. The van der Waals surface area contributed by atoms with Crippen LogP contribution in [0.4, 0.5) is 11.4 Å². The molecule has 0 unspecified atom stereocenters. The van der Waals surface area contributed by atoms with Crippen LogP contribution in [0, 0.1) is 10.1 Å². The van der Waals surface area contributed by atoms with Crippen molar-refractivity contribution in [1.29, 1.82) is 0 Å². The summed E-state index contributed by atoms with van der Waals surface area (Å²) in [6.07, 6.45) is -1.08. The number of anilines is 1. The van der Waals surface area contributed by atoms with Crippen molar-refractivity contribution >= 4 is 29.0 Å². The van der Waals surface area contributed by atoms with Gasteiger partial charge in [-0.3, -0.25) is 19.7 Å². The van der Waals surface area contributed by atoms with E-state index in [1.54, 1.807) is 18.2 Å². The number of rotatable bonds is 7. The Hall–Kier alpha value is -3.75. The molecule has 0 aliphatic heterocycles. The minimum atomic E-state index is -1.08. The van der Waals surface area contributed by atoms with Gasteiger partial charge in [-0.25, -0.2) is 4.79 Å². The number of esters is 1. The maximum atomic E-state index is 12.3. The molecule has 9 nitrogen and oxygen atoms in total. The number of methoxy groups -OCH3 is 1. The summed E-state index contributed by atoms with van der Waals surface area (Å²) in [4.78, 5) is 45.8. The van der Waals surface area contributed by atoms with Crippen LogP contribution < -0.4 is 10.1 Å². The average Bonchev–Trinajstić information content (AvgIpc) is 2.67. The Morgan fingerprint density at radius 1 is 1.11 bits per heavy atom. The number of hydrogen-bond donors (Lipinski definition) is 1. The standard InChI is InChI=1S/C19H18N2O7/c1-11(22)13-5-4-6-15(9-13)20-18(23)12(2)28-17-8-7-14(19(24)27-3)10-16(17)21(25)26/h4-10,12H,1-3H3,(H,20,23)/t12-/m0/s1. The van der Waals surface area contributed by atoms with E-state index in [1.807, 2.05) is 0 Å². The summed E-state index contributed by atoms with van der Waals surface area (Å²) in [6.45, 7) is 2.83. The van der Waals surface area contributed by atoms with Crippen molar-refractivity contribution in [3.63, 3.8) is 0 Å². The fraction of sp³-hybridized carbons (Fsp3) is 0.211. The Labute approximate surface area is 160 Å². The topological polar surface area (TPSA) is 125 Å². The van der Waals surface area contributed by atoms with Gasteiger partial charge in [0, 0.05) is 17.3 Å². The van der Waals surface area contributed by atoms with Gasteiger partial charge in [-0.05, 0) is 38.1 Å². The predicted molar refractivity (Wildman–Crippen MR) is 99.6 cm³/mol. The Balaban J connectivity index is 2.17. The minimum Gasteiger partial charge on any atom is -0.474 e. The second-order valence-electron chi connectivity index (χ2n) is 5.82. The monoisotopic (exact) mass is 386 g/mol. The predicted octanol–water partition coefficient (Wildman–Crippen LogP) is 2.99. The molecule has 0 bridgehead atoms. The average molecular weight is 386 g/mol. The molecule has 0 fully saturated rings. The number of nitro benzene ring substituents is 1. The zero-order valence-corrected chi connectivity index (χ0v) is 15.4. The maximum Gasteiger partial charge on any atom is 0.338 e. The third-order valence-electron chi connectivity index (χ3n) is 3.79. The number of benzene rings is 2. The quantitative estimate of drug-likeness (QED) is 0.336. The second kappa shape index (κ2) is 8.76. The highest BCUT2D eigenvalue weighted by atomic mass is 16.6. The normalized spacial score (nSPS) is 11.2. The van der Waals surface area contributed by atoms with Crippen LogP contribution in [0.3, 0.4) is 0 Å². The molecule has 0 aromatic heterocycles. The summed E-state index contributed by atoms with van der Waals surface area (Å²) >= 11 is 0. The maximum absolute atomic E-state index is 12.3. The molecule has 1 N–H and O–H groups in total. The minimum absolute atomic E-state index is 0.0142. The molecule has 0 aliphatic rings. The van der Waals surface area contributed by atoms with E-state index in [2.05, 4.69) is 10.1 Å². The second-order valence-corrected chi connectivity index (χ2v) is 5.82. The number of Topliss-reactive ketones (excluding diaryl/α,β-unsaturated/α-hetero) is 1. The van der Waals surface area contributed by atoms with Crippen molar-refractivity contribution in [1.82, 2.24) is 0 Å². The van der Waals surface area contributed by atoms with Crippen LogP contribution in [0.5, 0.6) is 5.75 Å². The van der Waals surface area contributed by atoms with Crippen molar-refractivity contribution in [3.05, 3.63) is 63.7 Å². The fourth-order valence-corrected chi connectivity index (χ4v) is 2.31. The number of nitrogens with zero attached hydrogens (tertiary/aromatic N) is 1. The van der Waals surface area contributed by atoms with Gasteiger partial charge in [-0.1, -0.05) is 12.1 Å². The van der Waals surface area contributed by atoms with Crippen LogP contribution in [0.1, 0.15) is 34.6 Å². The van der Waals surface area contributed by atoms with Crippen molar-refractivity contribution < 1.29 is 28.8 Å². The molecular weight excluding hydrogens is 368 g/mol. The van der Waals surface area contributed by atoms with Gasteiger partial charge in [0.25, 0.3) is 5.91 Å². The number of carbonyl (C=O) groups excluding carboxylic acids is 3. The first-order valence-corrected chi connectivity index (χ1v) is 8.18. The number of nitro groups is 1. The molecule has 0 heterocycles.